The Labute approximate surface area is 107 Å². The van der Waals surface area contributed by atoms with E-state index >= 15 is 0 Å². The summed E-state index contributed by atoms with van der Waals surface area (Å²) in [4.78, 5) is 0. The van der Waals surface area contributed by atoms with E-state index in [-0.39, 0.29) is 18.8 Å². The van der Waals surface area contributed by atoms with Crippen molar-refractivity contribution in [3.63, 3.8) is 0 Å². The predicted octanol–water partition coefficient (Wildman–Crippen LogP) is 0.512. The first kappa shape index (κ1) is 12.0. The van der Waals surface area contributed by atoms with Gasteiger partial charge in [-0.2, -0.15) is 0 Å². The summed E-state index contributed by atoms with van der Waals surface area (Å²) in [5.74, 6) is 0.945. The maximum atomic E-state index is 9.19. The SMILES string of the molecule is COc1cccc2c1C[C@H]1OC(CO)CNC1C2. The molecular weight excluding hydrogens is 230 g/mol. The summed E-state index contributed by atoms with van der Waals surface area (Å²) < 4.78 is 11.3. The van der Waals surface area contributed by atoms with Crippen molar-refractivity contribution in [2.75, 3.05) is 20.3 Å². The summed E-state index contributed by atoms with van der Waals surface area (Å²) in [6.07, 6.45) is 1.88. The number of aliphatic hydroxyl groups is 1. The smallest absolute Gasteiger partial charge is 0.122 e. The van der Waals surface area contributed by atoms with Crippen molar-refractivity contribution in [1.82, 2.24) is 5.32 Å². The van der Waals surface area contributed by atoms with E-state index in [0.29, 0.717) is 6.04 Å². The van der Waals surface area contributed by atoms with Gasteiger partial charge in [-0.25, -0.2) is 0 Å². The van der Waals surface area contributed by atoms with Crippen molar-refractivity contribution in [2.24, 2.45) is 0 Å². The fourth-order valence-corrected chi connectivity index (χ4v) is 2.97. The van der Waals surface area contributed by atoms with Gasteiger partial charge in [-0.15, -0.1) is 0 Å². The summed E-state index contributed by atoms with van der Waals surface area (Å²) in [6.45, 7) is 0.811. The number of ether oxygens (including phenoxy) is 2. The molecule has 2 aliphatic rings. The van der Waals surface area contributed by atoms with E-state index in [1.807, 2.05) is 12.1 Å². The van der Waals surface area contributed by atoms with Gasteiger partial charge in [0.15, 0.2) is 0 Å². The monoisotopic (exact) mass is 249 g/mol. The van der Waals surface area contributed by atoms with Gasteiger partial charge in [-0.3, -0.25) is 0 Å². The molecule has 3 rings (SSSR count). The maximum absolute atomic E-state index is 9.19. The summed E-state index contributed by atoms with van der Waals surface area (Å²) >= 11 is 0. The van der Waals surface area contributed by atoms with E-state index in [2.05, 4.69) is 11.4 Å². The van der Waals surface area contributed by atoms with Gasteiger partial charge in [-0.05, 0) is 23.6 Å². The third-order valence-corrected chi connectivity index (χ3v) is 3.92. The van der Waals surface area contributed by atoms with Crippen molar-refractivity contribution in [2.45, 2.75) is 31.1 Å². The van der Waals surface area contributed by atoms with Crippen molar-refractivity contribution in [3.8, 4) is 5.75 Å². The molecule has 1 heterocycles. The first-order chi connectivity index (χ1) is 8.81. The average molecular weight is 249 g/mol. The molecule has 18 heavy (non-hydrogen) atoms. The Hall–Kier alpha value is -1.10. The number of methoxy groups -OCH3 is 1. The van der Waals surface area contributed by atoms with Crippen LogP contribution in [0.25, 0.3) is 0 Å². The van der Waals surface area contributed by atoms with E-state index in [9.17, 15) is 5.11 Å². The van der Waals surface area contributed by atoms with Gasteiger partial charge in [0.05, 0.1) is 25.9 Å². The van der Waals surface area contributed by atoms with E-state index in [1.54, 1.807) is 7.11 Å². The third-order valence-electron chi connectivity index (χ3n) is 3.92. The van der Waals surface area contributed by atoms with E-state index in [0.717, 1.165) is 25.1 Å². The molecule has 1 aliphatic carbocycles. The predicted molar refractivity (Wildman–Crippen MR) is 67.9 cm³/mol. The largest absolute Gasteiger partial charge is 0.496 e. The van der Waals surface area contributed by atoms with E-state index in [1.165, 1.54) is 11.1 Å². The van der Waals surface area contributed by atoms with Crippen molar-refractivity contribution in [3.05, 3.63) is 29.3 Å². The van der Waals surface area contributed by atoms with Gasteiger partial charge in [-0.1, -0.05) is 12.1 Å². The minimum absolute atomic E-state index is 0.0784. The summed E-state index contributed by atoms with van der Waals surface area (Å²) in [5, 5.41) is 12.7. The number of benzene rings is 1. The molecule has 1 fully saturated rings. The Morgan fingerprint density at radius 2 is 2.33 bits per heavy atom. The quantitative estimate of drug-likeness (QED) is 0.802. The van der Waals surface area contributed by atoms with Crippen LogP contribution in [0.2, 0.25) is 0 Å². The molecule has 0 amide bonds. The third kappa shape index (κ3) is 2.00. The number of aliphatic hydroxyl groups excluding tert-OH is 1. The molecule has 4 heteroatoms. The Kier molecular flexibility index (Phi) is 3.24. The molecule has 1 aromatic carbocycles. The molecule has 1 aromatic rings. The van der Waals surface area contributed by atoms with Gasteiger partial charge in [0.25, 0.3) is 0 Å². The van der Waals surface area contributed by atoms with Crippen LogP contribution in [0.1, 0.15) is 11.1 Å². The Balaban J connectivity index is 1.86. The number of nitrogens with one attached hydrogen (secondary N) is 1. The van der Waals surface area contributed by atoms with Gasteiger partial charge in [0.2, 0.25) is 0 Å². The highest BCUT2D eigenvalue weighted by Gasteiger charge is 2.35. The Morgan fingerprint density at radius 1 is 1.44 bits per heavy atom. The molecular formula is C14H19NO3. The van der Waals surface area contributed by atoms with Crippen LogP contribution < -0.4 is 10.1 Å². The van der Waals surface area contributed by atoms with Crippen LogP contribution >= 0.6 is 0 Å². The van der Waals surface area contributed by atoms with Gasteiger partial charge in [0.1, 0.15) is 5.75 Å². The zero-order chi connectivity index (χ0) is 12.5. The molecule has 1 aliphatic heterocycles. The fraction of sp³-hybridized carbons (Fsp3) is 0.571. The summed E-state index contributed by atoms with van der Waals surface area (Å²) in [6, 6.07) is 6.55. The lowest BCUT2D eigenvalue weighted by Gasteiger charge is -2.40. The second kappa shape index (κ2) is 4.88. The molecule has 2 N–H and O–H groups in total. The highest BCUT2D eigenvalue weighted by molar-refractivity contribution is 5.43. The number of hydrogen-bond donors (Lipinski definition) is 2. The van der Waals surface area contributed by atoms with Crippen molar-refractivity contribution >= 4 is 0 Å². The highest BCUT2D eigenvalue weighted by Crippen LogP contribution is 2.32. The van der Waals surface area contributed by atoms with Gasteiger partial charge in [0, 0.05) is 19.0 Å². The number of hydrogen-bond acceptors (Lipinski definition) is 4. The van der Waals surface area contributed by atoms with Crippen LogP contribution in [-0.2, 0) is 17.6 Å². The van der Waals surface area contributed by atoms with Crippen LogP contribution in [-0.4, -0.2) is 43.6 Å². The van der Waals surface area contributed by atoms with Crippen LogP contribution in [0.15, 0.2) is 18.2 Å². The highest BCUT2D eigenvalue weighted by atomic mass is 16.5. The summed E-state index contributed by atoms with van der Waals surface area (Å²) in [5.41, 5.74) is 2.59. The maximum Gasteiger partial charge on any atom is 0.122 e. The molecule has 0 bridgehead atoms. The molecule has 0 saturated carbocycles. The van der Waals surface area contributed by atoms with Gasteiger partial charge >= 0.3 is 0 Å². The number of rotatable bonds is 2. The van der Waals surface area contributed by atoms with E-state index < -0.39 is 0 Å². The zero-order valence-electron chi connectivity index (χ0n) is 10.6. The standard InChI is InChI=1S/C14H19NO3/c1-17-13-4-2-3-9-5-12-14(6-11(9)13)18-10(8-16)7-15-12/h2-4,10,12,14-16H,5-8H2,1H3/t10?,12?,14-/m1/s1. The molecule has 98 valence electrons. The fourth-order valence-electron chi connectivity index (χ4n) is 2.97. The van der Waals surface area contributed by atoms with Crippen LogP contribution in [0.5, 0.6) is 5.75 Å². The average Bonchev–Trinajstić information content (AvgIpc) is 2.43. The first-order valence-corrected chi connectivity index (χ1v) is 6.46. The molecule has 0 aromatic heterocycles. The van der Waals surface area contributed by atoms with Crippen LogP contribution in [0.3, 0.4) is 0 Å². The van der Waals surface area contributed by atoms with Crippen molar-refractivity contribution in [1.29, 1.82) is 0 Å². The Morgan fingerprint density at radius 3 is 3.11 bits per heavy atom. The minimum atomic E-state index is -0.0810. The Bertz CT molecular complexity index is 435. The second-order valence-electron chi connectivity index (χ2n) is 5.00. The number of morpholine rings is 1. The molecule has 2 unspecified atom stereocenters. The lowest BCUT2D eigenvalue weighted by atomic mass is 9.84. The first-order valence-electron chi connectivity index (χ1n) is 6.46. The normalized spacial score (nSPS) is 30.4. The molecule has 0 radical (unpaired) electrons. The van der Waals surface area contributed by atoms with Crippen molar-refractivity contribution < 1.29 is 14.6 Å². The topological polar surface area (TPSA) is 50.7 Å². The van der Waals surface area contributed by atoms with Crippen LogP contribution in [0, 0.1) is 0 Å². The molecule has 3 atom stereocenters. The molecule has 1 saturated heterocycles. The molecule has 4 nitrogen and oxygen atoms in total. The molecule has 0 spiro atoms. The van der Waals surface area contributed by atoms with E-state index in [4.69, 9.17) is 9.47 Å². The van der Waals surface area contributed by atoms with Gasteiger partial charge < -0.3 is 19.9 Å². The number of fused-ring (bicyclic) bond motifs is 2. The lowest BCUT2D eigenvalue weighted by Crippen LogP contribution is -2.56. The zero-order valence-corrected chi connectivity index (χ0v) is 10.6. The van der Waals surface area contributed by atoms with Crippen LogP contribution in [0.4, 0.5) is 0 Å². The summed E-state index contributed by atoms with van der Waals surface area (Å²) in [7, 11) is 1.71. The minimum Gasteiger partial charge on any atom is -0.496 e. The lowest BCUT2D eigenvalue weighted by molar-refractivity contribution is -0.0844. The second-order valence-corrected chi connectivity index (χ2v) is 5.00.